The molecule has 2 heterocycles. The molecule has 4 rings (SSSR count). The Morgan fingerprint density at radius 1 is 1.03 bits per heavy atom. The average Bonchev–Trinajstić information content (AvgIpc) is 3.41. The summed E-state index contributed by atoms with van der Waals surface area (Å²) in [5.41, 5.74) is 3.61. The molecule has 1 N–H and O–H groups in total. The molecule has 0 saturated carbocycles. The van der Waals surface area contributed by atoms with Crippen molar-refractivity contribution in [3.05, 3.63) is 71.9 Å². The maximum atomic E-state index is 11.7. The standard InChI is InChI=1S/C24H27N5O4S/c1-24(2,3)21-15-20(28(26-21)16-17-9-7-6-8-10-17)23-25-22(27-33-23)18-11-13-19(14-12-18)29(4,5)34(30,31)32/h6-15H,16H2,1-5H3/p+1. The number of benzene rings is 2. The molecule has 178 valence electrons. The van der Waals surface area contributed by atoms with Crippen molar-refractivity contribution < 1.29 is 17.5 Å². The summed E-state index contributed by atoms with van der Waals surface area (Å²) in [6, 6.07) is 18.6. The van der Waals surface area contributed by atoms with E-state index in [1.165, 1.54) is 14.1 Å². The van der Waals surface area contributed by atoms with Gasteiger partial charge < -0.3 is 4.52 Å². The first-order chi connectivity index (χ1) is 15.9. The normalized spacial score (nSPS) is 12.8. The molecule has 0 fully saturated rings. The van der Waals surface area contributed by atoms with Gasteiger partial charge in [-0.25, -0.2) is 4.55 Å². The highest BCUT2D eigenvalue weighted by atomic mass is 32.2. The van der Waals surface area contributed by atoms with E-state index in [4.69, 9.17) is 9.62 Å². The predicted molar refractivity (Wildman–Crippen MR) is 130 cm³/mol. The monoisotopic (exact) mass is 482 g/mol. The molecule has 9 nitrogen and oxygen atoms in total. The quantitative estimate of drug-likeness (QED) is 0.322. The van der Waals surface area contributed by atoms with Gasteiger partial charge in [0, 0.05) is 23.1 Å². The van der Waals surface area contributed by atoms with Gasteiger partial charge >= 0.3 is 10.3 Å². The van der Waals surface area contributed by atoms with Crippen LogP contribution in [0, 0.1) is 0 Å². The van der Waals surface area contributed by atoms with E-state index in [2.05, 4.69) is 30.9 Å². The minimum atomic E-state index is -4.33. The molecule has 0 saturated heterocycles. The molecule has 10 heteroatoms. The van der Waals surface area contributed by atoms with E-state index in [0.717, 1.165) is 11.3 Å². The van der Waals surface area contributed by atoms with Crippen LogP contribution in [0.1, 0.15) is 32.0 Å². The SMILES string of the molecule is CC(C)(C)c1cc(-c2nc(-c3ccc([N+](C)(C)S(=O)(=O)O)cc3)no2)n(Cc2ccccc2)n1. The fourth-order valence-corrected chi connectivity index (χ4v) is 3.77. The lowest BCUT2D eigenvalue weighted by Crippen LogP contribution is -2.45. The first-order valence-electron chi connectivity index (χ1n) is 10.8. The minimum absolute atomic E-state index is 0.159. The number of hydrogen-bond acceptors (Lipinski definition) is 6. The molecule has 34 heavy (non-hydrogen) atoms. The van der Waals surface area contributed by atoms with Gasteiger partial charge in [-0.15, -0.1) is 8.42 Å². The lowest BCUT2D eigenvalue weighted by molar-refractivity contribution is 0.412. The zero-order chi connectivity index (χ0) is 24.7. The van der Waals surface area contributed by atoms with Gasteiger partial charge in [-0.1, -0.05) is 56.3 Å². The molecule has 2 aromatic carbocycles. The Hall–Kier alpha value is -3.34. The van der Waals surface area contributed by atoms with Gasteiger partial charge in [0.15, 0.2) is 0 Å². The van der Waals surface area contributed by atoms with Crippen LogP contribution < -0.4 is 3.89 Å². The third-order valence-electron chi connectivity index (χ3n) is 5.69. The molecular weight excluding hydrogens is 454 g/mol. The molecule has 0 aliphatic carbocycles. The first-order valence-corrected chi connectivity index (χ1v) is 12.1. The molecular formula is C24H28N5O4S+. The van der Waals surface area contributed by atoms with Crippen LogP contribution in [0.15, 0.2) is 65.2 Å². The number of aromatic nitrogens is 4. The second-order valence-corrected chi connectivity index (χ2v) is 11.4. The molecule has 0 aliphatic rings. The molecule has 0 spiro atoms. The molecule has 4 aromatic rings. The number of quaternary nitrogens is 1. The molecule has 0 bridgehead atoms. The summed E-state index contributed by atoms with van der Waals surface area (Å²) in [6.07, 6.45) is 0. The smallest absolute Gasteiger partial charge is 0.332 e. The number of nitrogens with zero attached hydrogens (tertiary/aromatic N) is 5. The molecule has 0 atom stereocenters. The third-order valence-corrected chi connectivity index (χ3v) is 7.06. The Balaban J connectivity index is 1.68. The van der Waals surface area contributed by atoms with Gasteiger partial charge in [-0.05, 0) is 23.8 Å². The van der Waals surface area contributed by atoms with Crippen LogP contribution >= 0.6 is 0 Å². The lowest BCUT2D eigenvalue weighted by atomic mass is 9.92. The number of hydrogen-bond donors (Lipinski definition) is 1. The fourth-order valence-electron chi connectivity index (χ4n) is 3.38. The van der Waals surface area contributed by atoms with Crippen LogP contribution in [0.4, 0.5) is 5.69 Å². The highest BCUT2D eigenvalue weighted by molar-refractivity contribution is 7.85. The largest absolute Gasteiger partial charge is 0.437 e. The van der Waals surface area contributed by atoms with E-state index >= 15 is 0 Å². The van der Waals surface area contributed by atoms with Gasteiger partial charge in [0.25, 0.3) is 5.89 Å². The Kier molecular flexibility index (Phi) is 5.92. The third kappa shape index (κ3) is 4.65. The Bertz CT molecular complexity index is 1400. The average molecular weight is 483 g/mol. The van der Waals surface area contributed by atoms with E-state index in [9.17, 15) is 13.0 Å². The van der Waals surface area contributed by atoms with Gasteiger partial charge in [0.2, 0.25) is 5.82 Å². The second-order valence-electron chi connectivity index (χ2n) is 9.58. The zero-order valence-electron chi connectivity index (χ0n) is 19.8. The summed E-state index contributed by atoms with van der Waals surface area (Å²) < 4.78 is 39.6. The summed E-state index contributed by atoms with van der Waals surface area (Å²) in [5.74, 6) is 0.704. The zero-order valence-corrected chi connectivity index (χ0v) is 20.6. The van der Waals surface area contributed by atoms with Crippen molar-refractivity contribution >= 4 is 16.0 Å². The van der Waals surface area contributed by atoms with Crippen molar-refractivity contribution in [1.29, 1.82) is 0 Å². The topological polar surface area (TPSA) is 111 Å². The Labute approximate surface area is 199 Å². The predicted octanol–water partition coefficient (Wildman–Crippen LogP) is 4.32. The van der Waals surface area contributed by atoms with Gasteiger partial charge in [0.05, 0.1) is 26.3 Å². The Morgan fingerprint density at radius 2 is 1.68 bits per heavy atom. The van der Waals surface area contributed by atoms with Gasteiger partial charge in [0.1, 0.15) is 11.4 Å². The summed E-state index contributed by atoms with van der Waals surface area (Å²) in [6.45, 7) is 6.85. The maximum Gasteiger partial charge on any atom is 0.437 e. The van der Waals surface area contributed by atoms with E-state index in [1.54, 1.807) is 24.3 Å². The van der Waals surface area contributed by atoms with Crippen LogP contribution in [0.25, 0.3) is 23.0 Å². The summed E-state index contributed by atoms with van der Waals surface area (Å²) in [5, 5.41) is 8.93. The van der Waals surface area contributed by atoms with Crippen LogP contribution in [-0.2, 0) is 22.3 Å². The van der Waals surface area contributed by atoms with E-state index < -0.39 is 14.2 Å². The van der Waals surface area contributed by atoms with Crippen LogP contribution in [0.2, 0.25) is 0 Å². The Morgan fingerprint density at radius 3 is 2.26 bits per heavy atom. The van der Waals surface area contributed by atoms with E-state index in [0.29, 0.717) is 35.2 Å². The van der Waals surface area contributed by atoms with E-state index in [-0.39, 0.29) is 5.41 Å². The summed E-state index contributed by atoms with van der Waals surface area (Å²) in [4.78, 5) is 4.58. The van der Waals surface area contributed by atoms with E-state index in [1.807, 2.05) is 41.1 Å². The van der Waals surface area contributed by atoms with Crippen molar-refractivity contribution in [1.82, 2.24) is 23.8 Å². The van der Waals surface area contributed by atoms with Gasteiger partial charge in [-0.2, -0.15) is 14.0 Å². The second kappa shape index (κ2) is 8.46. The molecule has 0 radical (unpaired) electrons. The number of rotatable bonds is 6. The summed E-state index contributed by atoms with van der Waals surface area (Å²) in [7, 11) is -1.55. The van der Waals surface area contributed by atoms with Crippen LogP contribution in [0.3, 0.4) is 0 Å². The molecule has 0 unspecified atom stereocenters. The van der Waals surface area contributed by atoms with Crippen LogP contribution in [-0.4, -0.2) is 47.0 Å². The highest BCUT2D eigenvalue weighted by Crippen LogP contribution is 2.30. The minimum Gasteiger partial charge on any atom is -0.332 e. The molecule has 0 amide bonds. The van der Waals surface area contributed by atoms with Gasteiger partial charge in [-0.3, -0.25) is 4.68 Å². The van der Waals surface area contributed by atoms with Crippen molar-refractivity contribution in [2.75, 3.05) is 14.1 Å². The molecule has 2 aromatic heterocycles. The highest BCUT2D eigenvalue weighted by Gasteiger charge is 2.33. The lowest BCUT2D eigenvalue weighted by Gasteiger charge is -2.23. The van der Waals surface area contributed by atoms with Crippen molar-refractivity contribution in [3.8, 4) is 23.0 Å². The first kappa shape index (κ1) is 23.8. The van der Waals surface area contributed by atoms with Crippen molar-refractivity contribution in [3.63, 3.8) is 0 Å². The van der Waals surface area contributed by atoms with Crippen molar-refractivity contribution in [2.24, 2.45) is 0 Å². The fraction of sp³-hybridized carbons (Fsp3) is 0.292. The summed E-state index contributed by atoms with van der Waals surface area (Å²) >= 11 is 0. The molecule has 0 aliphatic heterocycles. The van der Waals surface area contributed by atoms with Crippen molar-refractivity contribution in [2.45, 2.75) is 32.7 Å². The van der Waals surface area contributed by atoms with Crippen LogP contribution in [0.5, 0.6) is 0 Å². The maximum absolute atomic E-state index is 11.7.